The lowest BCUT2D eigenvalue weighted by Gasteiger charge is -2.26. The quantitative estimate of drug-likeness (QED) is 0.296. The van der Waals surface area contributed by atoms with E-state index in [1.54, 1.807) is 11.3 Å². The van der Waals surface area contributed by atoms with E-state index in [0.717, 1.165) is 52.4 Å². The molecule has 0 bridgehead atoms. The molecule has 1 unspecified atom stereocenters. The Bertz CT molecular complexity index is 421. The number of hydrogen-bond donors (Lipinski definition) is 2. The van der Waals surface area contributed by atoms with Gasteiger partial charge in [0.1, 0.15) is 0 Å². The lowest BCUT2D eigenvalue weighted by molar-refractivity contribution is 0.0376. The van der Waals surface area contributed by atoms with Gasteiger partial charge in [0.05, 0.1) is 13.2 Å². The van der Waals surface area contributed by atoms with Crippen LogP contribution in [-0.4, -0.2) is 56.8 Å². The van der Waals surface area contributed by atoms with Crippen LogP contribution in [0, 0.1) is 0 Å². The second-order valence-electron chi connectivity index (χ2n) is 5.42. The average molecular weight is 438 g/mol. The minimum Gasteiger partial charge on any atom is -0.379 e. The monoisotopic (exact) mass is 438 g/mol. The number of rotatable bonds is 7. The first kappa shape index (κ1) is 19.7. The molecule has 1 fully saturated rings. The third kappa shape index (κ3) is 7.26. The summed E-state index contributed by atoms with van der Waals surface area (Å²) in [6.45, 7) is 8.68. The van der Waals surface area contributed by atoms with Gasteiger partial charge in [-0.15, -0.1) is 24.0 Å². The third-order valence-corrected chi connectivity index (χ3v) is 4.41. The van der Waals surface area contributed by atoms with Crippen molar-refractivity contribution in [3.05, 3.63) is 22.4 Å². The van der Waals surface area contributed by atoms with Gasteiger partial charge in [-0.05, 0) is 35.4 Å². The fourth-order valence-electron chi connectivity index (χ4n) is 2.30. The second kappa shape index (κ2) is 11.2. The van der Waals surface area contributed by atoms with Crippen molar-refractivity contribution in [2.24, 2.45) is 10.7 Å². The van der Waals surface area contributed by atoms with Crippen molar-refractivity contribution >= 4 is 41.3 Å². The SMILES string of the molecule is CC(CN=C(N)NCCCN1CCOCC1)c1ccsc1.I. The maximum atomic E-state index is 5.90. The molecule has 0 saturated carbocycles. The molecule has 7 heteroatoms. The van der Waals surface area contributed by atoms with Crippen molar-refractivity contribution in [2.45, 2.75) is 19.3 Å². The van der Waals surface area contributed by atoms with Crippen molar-refractivity contribution in [3.63, 3.8) is 0 Å². The van der Waals surface area contributed by atoms with Crippen LogP contribution < -0.4 is 11.1 Å². The van der Waals surface area contributed by atoms with E-state index in [4.69, 9.17) is 10.5 Å². The molecule has 5 nitrogen and oxygen atoms in total. The number of nitrogens with zero attached hydrogens (tertiary/aromatic N) is 2. The number of ether oxygens (including phenoxy) is 1. The van der Waals surface area contributed by atoms with Gasteiger partial charge >= 0.3 is 0 Å². The van der Waals surface area contributed by atoms with Gasteiger partial charge < -0.3 is 15.8 Å². The molecule has 2 heterocycles. The highest BCUT2D eigenvalue weighted by atomic mass is 127. The van der Waals surface area contributed by atoms with Gasteiger partial charge in [-0.25, -0.2) is 0 Å². The zero-order valence-electron chi connectivity index (χ0n) is 13.2. The molecule has 0 radical (unpaired) electrons. The van der Waals surface area contributed by atoms with Crippen molar-refractivity contribution < 1.29 is 4.74 Å². The van der Waals surface area contributed by atoms with E-state index < -0.39 is 0 Å². The molecule has 1 aromatic heterocycles. The summed E-state index contributed by atoms with van der Waals surface area (Å²) in [5.41, 5.74) is 7.24. The van der Waals surface area contributed by atoms with Gasteiger partial charge in [-0.1, -0.05) is 6.92 Å². The average Bonchev–Trinajstić information content (AvgIpc) is 3.05. The summed E-state index contributed by atoms with van der Waals surface area (Å²) in [5.74, 6) is 0.976. The minimum absolute atomic E-state index is 0. The molecule has 1 atom stereocenters. The summed E-state index contributed by atoms with van der Waals surface area (Å²) in [6, 6.07) is 2.15. The first-order valence-electron chi connectivity index (χ1n) is 7.61. The highest BCUT2D eigenvalue weighted by Crippen LogP contribution is 2.17. The van der Waals surface area contributed by atoms with Crippen LogP contribution in [0.25, 0.3) is 0 Å². The van der Waals surface area contributed by atoms with Crippen LogP contribution >= 0.6 is 35.3 Å². The van der Waals surface area contributed by atoms with Gasteiger partial charge in [0.25, 0.3) is 0 Å². The smallest absolute Gasteiger partial charge is 0.188 e. The number of hydrogen-bond acceptors (Lipinski definition) is 4. The molecular formula is C15H27IN4OS. The fraction of sp³-hybridized carbons (Fsp3) is 0.667. The van der Waals surface area contributed by atoms with Crippen molar-refractivity contribution in [1.82, 2.24) is 10.2 Å². The topological polar surface area (TPSA) is 62.9 Å². The third-order valence-electron chi connectivity index (χ3n) is 3.71. The highest BCUT2D eigenvalue weighted by molar-refractivity contribution is 14.0. The number of guanidine groups is 1. The summed E-state index contributed by atoms with van der Waals surface area (Å²) in [4.78, 5) is 6.85. The summed E-state index contributed by atoms with van der Waals surface area (Å²) >= 11 is 1.72. The Labute approximate surface area is 154 Å². The van der Waals surface area contributed by atoms with E-state index in [0.29, 0.717) is 11.9 Å². The highest BCUT2D eigenvalue weighted by Gasteiger charge is 2.09. The molecule has 0 spiro atoms. The summed E-state index contributed by atoms with van der Waals surface area (Å²) < 4.78 is 5.33. The molecular weight excluding hydrogens is 411 g/mol. The van der Waals surface area contributed by atoms with E-state index in [9.17, 15) is 0 Å². The standard InChI is InChI=1S/C15H26N4OS.HI/c1-13(14-3-10-21-12-14)11-18-15(16)17-4-2-5-19-6-8-20-9-7-19;/h3,10,12-13H,2,4-9,11H2,1H3,(H3,16,17,18);1H. The van der Waals surface area contributed by atoms with Crippen LogP contribution in [0.1, 0.15) is 24.8 Å². The molecule has 22 heavy (non-hydrogen) atoms. The molecule has 0 aliphatic carbocycles. The molecule has 0 amide bonds. The first-order chi connectivity index (χ1) is 10.3. The Kier molecular flexibility index (Phi) is 10.0. The molecule has 1 aliphatic heterocycles. The van der Waals surface area contributed by atoms with Gasteiger partial charge in [-0.3, -0.25) is 9.89 Å². The zero-order valence-corrected chi connectivity index (χ0v) is 16.3. The molecule has 0 aromatic carbocycles. The van der Waals surface area contributed by atoms with Gasteiger partial charge in [0.15, 0.2) is 5.96 Å². The summed E-state index contributed by atoms with van der Waals surface area (Å²) in [6.07, 6.45) is 1.08. The van der Waals surface area contributed by atoms with Crippen LogP contribution in [0.4, 0.5) is 0 Å². The minimum atomic E-state index is 0. The first-order valence-corrected chi connectivity index (χ1v) is 8.56. The molecule has 1 aliphatic rings. The van der Waals surface area contributed by atoms with E-state index in [2.05, 4.69) is 39.0 Å². The molecule has 2 rings (SSSR count). The lowest BCUT2D eigenvalue weighted by atomic mass is 10.1. The second-order valence-corrected chi connectivity index (χ2v) is 6.20. The summed E-state index contributed by atoms with van der Waals surface area (Å²) in [7, 11) is 0. The lowest BCUT2D eigenvalue weighted by Crippen LogP contribution is -2.39. The molecule has 126 valence electrons. The molecule has 1 saturated heterocycles. The van der Waals surface area contributed by atoms with Gasteiger partial charge in [0, 0.05) is 32.1 Å². The number of halogens is 1. The van der Waals surface area contributed by atoms with E-state index in [-0.39, 0.29) is 24.0 Å². The maximum absolute atomic E-state index is 5.90. The van der Waals surface area contributed by atoms with E-state index >= 15 is 0 Å². The van der Waals surface area contributed by atoms with Crippen LogP contribution in [0.2, 0.25) is 0 Å². The van der Waals surface area contributed by atoms with Crippen LogP contribution in [0.3, 0.4) is 0 Å². The Balaban J connectivity index is 0.00000242. The Morgan fingerprint density at radius 1 is 1.50 bits per heavy atom. The molecule has 3 N–H and O–H groups in total. The van der Waals surface area contributed by atoms with E-state index in [1.165, 1.54) is 5.56 Å². The van der Waals surface area contributed by atoms with E-state index in [1.807, 2.05) is 0 Å². The van der Waals surface area contributed by atoms with Crippen molar-refractivity contribution in [3.8, 4) is 0 Å². The Hall–Kier alpha value is -0.380. The largest absolute Gasteiger partial charge is 0.379 e. The zero-order chi connectivity index (χ0) is 14.9. The van der Waals surface area contributed by atoms with Crippen LogP contribution in [0.5, 0.6) is 0 Å². The predicted octanol–water partition coefficient (Wildman–Crippen LogP) is 2.10. The van der Waals surface area contributed by atoms with Crippen molar-refractivity contribution in [2.75, 3.05) is 45.9 Å². The number of thiophene rings is 1. The Morgan fingerprint density at radius 3 is 2.95 bits per heavy atom. The number of morpholine rings is 1. The fourth-order valence-corrected chi connectivity index (χ4v) is 3.08. The van der Waals surface area contributed by atoms with Gasteiger partial charge in [-0.2, -0.15) is 11.3 Å². The predicted molar refractivity (Wildman–Crippen MR) is 105 cm³/mol. The van der Waals surface area contributed by atoms with Crippen LogP contribution in [0.15, 0.2) is 21.8 Å². The molecule has 1 aromatic rings. The number of nitrogens with two attached hydrogens (primary N) is 1. The van der Waals surface area contributed by atoms with Gasteiger partial charge in [0.2, 0.25) is 0 Å². The maximum Gasteiger partial charge on any atom is 0.188 e. The normalized spacial score (nSPS) is 17.8. The number of aliphatic imine (C=N–C) groups is 1. The summed E-state index contributed by atoms with van der Waals surface area (Å²) in [5, 5.41) is 7.47. The van der Waals surface area contributed by atoms with Crippen LogP contribution in [-0.2, 0) is 4.74 Å². The number of nitrogens with one attached hydrogen (secondary N) is 1. The van der Waals surface area contributed by atoms with Crippen molar-refractivity contribution in [1.29, 1.82) is 0 Å². The Morgan fingerprint density at radius 2 is 2.27 bits per heavy atom.